The molecule has 7 heteroatoms. The van der Waals surface area contributed by atoms with Gasteiger partial charge in [0.2, 0.25) is 11.7 Å². The number of ether oxygens (including phenoxy) is 2. The molecule has 1 amide bonds. The lowest BCUT2D eigenvalue weighted by atomic mass is 10.1. The molecule has 7 nitrogen and oxygen atoms in total. The molecule has 0 saturated heterocycles. The van der Waals surface area contributed by atoms with Crippen LogP contribution in [-0.2, 0) is 11.3 Å². The van der Waals surface area contributed by atoms with E-state index in [4.69, 9.17) is 14.0 Å². The quantitative estimate of drug-likeness (QED) is 0.606. The molecule has 1 heterocycles. The topological polar surface area (TPSA) is 77.7 Å². The molecule has 0 saturated carbocycles. The maximum atomic E-state index is 12.6. The van der Waals surface area contributed by atoms with Gasteiger partial charge < -0.3 is 18.9 Å². The van der Waals surface area contributed by atoms with Crippen molar-refractivity contribution < 1.29 is 18.8 Å². The van der Waals surface area contributed by atoms with Crippen LogP contribution in [0.15, 0.2) is 47.0 Å². The Bertz CT molecular complexity index is 982. The number of hydrogen-bond donors (Lipinski definition) is 0. The molecule has 0 aliphatic heterocycles. The van der Waals surface area contributed by atoms with Gasteiger partial charge in [-0.1, -0.05) is 11.2 Å². The molecule has 3 rings (SSSR count). The van der Waals surface area contributed by atoms with Crippen LogP contribution < -0.4 is 9.47 Å². The molecular formula is C22H25N3O4. The van der Waals surface area contributed by atoms with E-state index < -0.39 is 6.10 Å². The van der Waals surface area contributed by atoms with Crippen molar-refractivity contribution in [3.8, 4) is 22.9 Å². The number of carbonyl (C=O) groups excluding carboxylic acids is 1. The Labute approximate surface area is 170 Å². The van der Waals surface area contributed by atoms with Crippen molar-refractivity contribution in [1.29, 1.82) is 0 Å². The zero-order valence-corrected chi connectivity index (χ0v) is 17.3. The monoisotopic (exact) mass is 395 g/mol. The standard InChI is InChI=1S/C22H25N3O4/c1-14-6-9-19(12-15(14)2)28-16(3)22(26)25(4)13-20-23-21(24-29-20)17-7-10-18(27-5)11-8-17/h6-12,16H,13H2,1-5H3. The average molecular weight is 395 g/mol. The Morgan fingerprint density at radius 2 is 1.79 bits per heavy atom. The smallest absolute Gasteiger partial charge is 0.263 e. The van der Waals surface area contributed by atoms with Gasteiger partial charge in [0.15, 0.2) is 6.10 Å². The number of aryl methyl sites for hydroxylation is 2. The number of amides is 1. The van der Waals surface area contributed by atoms with Crippen molar-refractivity contribution in [3.05, 3.63) is 59.5 Å². The van der Waals surface area contributed by atoms with Crippen molar-refractivity contribution in [2.45, 2.75) is 33.4 Å². The van der Waals surface area contributed by atoms with Gasteiger partial charge >= 0.3 is 0 Å². The van der Waals surface area contributed by atoms with Crippen LogP contribution in [0, 0.1) is 13.8 Å². The number of likely N-dealkylation sites (N-methyl/N-ethyl adjacent to an activating group) is 1. The van der Waals surface area contributed by atoms with Crippen molar-refractivity contribution in [1.82, 2.24) is 15.0 Å². The molecule has 0 aliphatic carbocycles. The summed E-state index contributed by atoms with van der Waals surface area (Å²) in [5.74, 6) is 2.06. The fraction of sp³-hybridized carbons (Fsp3) is 0.318. The number of aromatic nitrogens is 2. The van der Waals surface area contributed by atoms with Gasteiger partial charge in [-0.15, -0.1) is 0 Å². The summed E-state index contributed by atoms with van der Waals surface area (Å²) < 4.78 is 16.2. The molecule has 0 N–H and O–H groups in total. The number of carbonyl (C=O) groups is 1. The predicted molar refractivity (Wildman–Crippen MR) is 109 cm³/mol. The summed E-state index contributed by atoms with van der Waals surface area (Å²) in [6.45, 7) is 5.97. The zero-order chi connectivity index (χ0) is 21.0. The molecule has 0 spiro atoms. The molecular weight excluding hydrogens is 370 g/mol. The van der Waals surface area contributed by atoms with E-state index in [-0.39, 0.29) is 12.5 Å². The van der Waals surface area contributed by atoms with E-state index in [1.54, 1.807) is 21.1 Å². The summed E-state index contributed by atoms with van der Waals surface area (Å²) in [5.41, 5.74) is 3.10. The van der Waals surface area contributed by atoms with Crippen LogP contribution in [0.5, 0.6) is 11.5 Å². The first-order valence-corrected chi connectivity index (χ1v) is 9.33. The van der Waals surface area contributed by atoms with Gasteiger partial charge in [-0.2, -0.15) is 4.98 Å². The Balaban J connectivity index is 1.61. The SMILES string of the molecule is COc1ccc(-c2noc(CN(C)C(=O)C(C)Oc3ccc(C)c(C)c3)n2)cc1. The summed E-state index contributed by atoms with van der Waals surface area (Å²) in [7, 11) is 3.29. The molecule has 1 unspecified atom stereocenters. The van der Waals surface area contributed by atoms with Crippen molar-refractivity contribution in [3.63, 3.8) is 0 Å². The summed E-state index contributed by atoms with van der Waals surface area (Å²) in [6.07, 6.45) is -0.633. The molecule has 152 valence electrons. The minimum atomic E-state index is -0.633. The highest BCUT2D eigenvalue weighted by atomic mass is 16.5. The van der Waals surface area contributed by atoms with Gasteiger partial charge in [0.1, 0.15) is 11.5 Å². The van der Waals surface area contributed by atoms with Gasteiger partial charge in [-0.3, -0.25) is 4.79 Å². The van der Waals surface area contributed by atoms with Gasteiger partial charge in [0.05, 0.1) is 13.7 Å². The number of benzene rings is 2. The largest absolute Gasteiger partial charge is 0.497 e. The Morgan fingerprint density at radius 1 is 1.10 bits per heavy atom. The van der Waals surface area contributed by atoms with Crippen molar-refractivity contribution in [2.75, 3.05) is 14.2 Å². The van der Waals surface area contributed by atoms with E-state index in [0.29, 0.717) is 17.5 Å². The number of hydrogen-bond acceptors (Lipinski definition) is 6. The first-order chi connectivity index (χ1) is 13.9. The Hall–Kier alpha value is -3.35. The summed E-state index contributed by atoms with van der Waals surface area (Å²) in [6, 6.07) is 13.1. The summed E-state index contributed by atoms with van der Waals surface area (Å²) in [4.78, 5) is 18.5. The first-order valence-electron chi connectivity index (χ1n) is 9.33. The fourth-order valence-electron chi connectivity index (χ4n) is 2.81. The van der Waals surface area contributed by atoms with E-state index in [9.17, 15) is 4.79 Å². The lowest BCUT2D eigenvalue weighted by molar-refractivity contribution is -0.137. The molecule has 0 radical (unpaired) electrons. The molecule has 1 atom stereocenters. The third-order valence-corrected chi connectivity index (χ3v) is 4.70. The molecule has 3 aromatic rings. The highest BCUT2D eigenvalue weighted by Gasteiger charge is 2.21. The van der Waals surface area contributed by atoms with Crippen LogP contribution in [0.2, 0.25) is 0 Å². The first kappa shape index (κ1) is 20.4. The lowest BCUT2D eigenvalue weighted by Gasteiger charge is -2.21. The fourth-order valence-corrected chi connectivity index (χ4v) is 2.81. The maximum Gasteiger partial charge on any atom is 0.263 e. The lowest BCUT2D eigenvalue weighted by Crippen LogP contribution is -2.37. The van der Waals surface area contributed by atoms with Crippen LogP contribution in [-0.4, -0.2) is 41.2 Å². The van der Waals surface area contributed by atoms with E-state index in [0.717, 1.165) is 16.9 Å². The molecule has 2 aromatic carbocycles. The molecule has 0 fully saturated rings. The second-order valence-electron chi connectivity index (χ2n) is 6.94. The van der Waals surface area contributed by atoms with Gasteiger partial charge in [-0.05, 0) is 68.3 Å². The van der Waals surface area contributed by atoms with Crippen molar-refractivity contribution >= 4 is 5.91 Å². The van der Waals surface area contributed by atoms with E-state index in [2.05, 4.69) is 10.1 Å². The van der Waals surface area contributed by atoms with E-state index >= 15 is 0 Å². The summed E-state index contributed by atoms with van der Waals surface area (Å²) >= 11 is 0. The molecule has 0 bridgehead atoms. The Kier molecular flexibility index (Phi) is 6.16. The van der Waals surface area contributed by atoms with Crippen LogP contribution in [0.1, 0.15) is 23.9 Å². The van der Waals surface area contributed by atoms with Crippen molar-refractivity contribution in [2.24, 2.45) is 0 Å². The Morgan fingerprint density at radius 3 is 2.45 bits per heavy atom. The second-order valence-corrected chi connectivity index (χ2v) is 6.94. The van der Waals surface area contributed by atoms with Gasteiger partial charge in [-0.25, -0.2) is 0 Å². The molecule has 1 aromatic heterocycles. The predicted octanol–water partition coefficient (Wildman–Crippen LogP) is 3.79. The van der Waals surface area contributed by atoms with E-state index in [1.165, 1.54) is 10.5 Å². The minimum absolute atomic E-state index is 0.174. The highest BCUT2D eigenvalue weighted by Crippen LogP contribution is 2.21. The van der Waals surface area contributed by atoms with Crippen LogP contribution in [0.3, 0.4) is 0 Å². The third-order valence-electron chi connectivity index (χ3n) is 4.70. The zero-order valence-electron chi connectivity index (χ0n) is 17.3. The number of rotatable bonds is 7. The van der Waals surface area contributed by atoms with Crippen LogP contribution in [0.25, 0.3) is 11.4 Å². The number of nitrogens with zero attached hydrogens (tertiary/aromatic N) is 3. The van der Waals surface area contributed by atoms with Crippen LogP contribution in [0.4, 0.5) is 0 Å². The normalized spacial score (nSPS) is 11.8. The maximum absolute atomic E-state index is 12.6. The molecule has 0 aliphatic rings. The van der Waals surface area contributed by atoms with Crippen LogP contribution >= 0.6 is 0 Å². The minimum Gasteiger partial charge on any atom is -0.497 e. The van der Waals surface area contributed by atoms with Gasteiger partial charge in [0.25, 0.3) is 5.91 Å². The third kappa shape index (κ3) is 4.93. The van der Waals surface area contributed by atoms with E-state index in [1.807, 2.05) is 56.3 Å². The molecule has 29 heavy (non-hydrogen) atoms. The van der Waals surface area contributed by atoms with Gasteiger partial charge in [0, 0.05) is 12.6 Å². The number of methoxy groups -OCH3 is 1. The second kappa shape index (κ2) is 8.77. The average Bonchev–Trinajstić information content (AvgIpc) is 3.18. The summed E-state index contributed by atoms with van der Waals surface area (Å²) in [5, 5.41) is 3.99. The highest BCUT2D eigenvalue weighted by molar-refractivity contribution is 5.80.